The first-order chi connectivity index (χ1) is 28.5. The van der Waals surface area contributed by atoms with Gasteiger partial charge in [-0.3, -0.25) is 9.59 Å². The molecule has 20 atom stereocenters. The molecule has 0 radical (unpaired) electrons. The number of aliphatic hydroxyl groups is 6. The van der Waals surface area contributed by atoms with Gasteiger partial charge in [-0.25, -0.2) is 0 Å². The van der Waals surface area contributed by atoms with Gasteiger partial charge in [-0.15, -0.1) is 0 Å². The van der Waals surface area contributed by atoms with E-state index in [9.17, 15) is 40.2 Å². The molecule has 24 N–H and O–H groups in total. The molecule has 4 rings (SSSR count). The fourth-order valence-electron chi connectivity index (χ4n) is 7.99. The molecule has 350 valence electrons. The number of rotatable bonds is 21. The first kappa shape index (κ1) is 50.8. The number of hydrogen-bond donors (Lipinski definition) is 16. The van der Waals surface area contributed by atoms with E-state index in [2.05, 4.69) is 10.6 Å². The van der Waals surface area contributed by atoms with Gasteiger partial charge < -0.3 is 116 Å². The molecular formula is C36H72N10O14. The van der Waals surface area contributed by atoms with Crippen LogP contribution < -0.4 is 56.5 Å². The van der Waals surface area contributed by atoms with Crippen LogP contribution in [0.25, 0.3) is 0 Å². The van der Waals surface area contributed by atoms with E-state index in [4.69, 9.17) is 74.3 Å². The number of nitrogens with one attached hydrogen (secondary N) is 2. The number of carbonyl (C=O) groups excluding carboxylic acids is 2. The Bertz CT molecular complexity index is 1210. The Hall–Kier alpha value is -1.86. The lowest BCUT2D eigenvalue weighted by atomic mass is 9.84. The SMILES string of the molecule is NC[C@H]1O[C@H](O[C@H]2[C@H](OCC(=O)NCCCCCCCCNC(=O)CO[C@@H]3[C@@H](O)[C@H](N)C[C@H](N)[C@H]3O[C@H]3O[C@H](CN)[C@@H](O)[C@H](O)[C@H]3N)[C@@H](O)[C@H](N)C[C@@H]2N)[C@H](N)[C@@H](O)[C@@H]1O. The highest BCUT2D eigenvalue weighted by atomic mass is 16.7. The number of amides is 2. The Kier molecular flexibility index (Phi) is 20.5. The maximum Gasteiger partial charge on any atom is 0.246 e. The van der Waals surface area contributed by atoms with Gasteiger partial charge in [0, 0.05) is 50.3 Å². The summed E-state index contributed by atoms with van der Waals surface area (Å²) in [6.45, 7) is -0.244. The summed E-state index contributed by atoms with van der Waals surface area (Å²) in [5, 5.41) is 68.3. The van der Waals surface area contributed by atoms with Gasteiger partial charge in [0.1, 0.15) is 74.3 Å². The number of hydrogen-bond acceptors (Lipinski definition) is 22. The first-order valence-electron chi connectivity index (χ1n) is 20.9. The van der Waals surface area contributed by atoms with Gasteiger partial charge in [0.05, 0.1) is 24.3 Å². The Morgan fingerprint density at radius 3 is 1.20 bits per heavy atom. The van der Waals surface area contributed by atoms with Crippen LogP contribution in [-0.2, 0) is 38.0 Å². The fourth-order valence-corrected chi connectivity index (χ4v) is 7.99. The smallest absolute Gasteiger partial charge is 0.246 e. The topological polar surface area (TPSA) is 443 Å². The second-order valence-corrected chi connectivity index (χ2v) is 16.4. The monoisotopic (exact) mass is 869 g/mol. The average Bonchev–Trinajstić information content (AvgIpc) is 3.22. The van der Waals surface area contributed by atoms with E-state index in [0.29, 0.717) is 25.9 Å². The van der Waals surface area contributed by atoms with Gasteiger partial charge in [-0.2, -0.15) is 0 Å². The van der Waals surface area contributed by atoms with Crippen molar-refractivity contribution in [2.45, 2.75) is 173 Å². The van der Waals surface area contributed by atoms with Crippen molar-refractivity contribution in [3.05, 3.63) is 0 Å². The number of aliphatic hydroxyl groups excluding tert-OH is 6. The van der Waals surface area contributed by atoms with Crippen LogP contribution in [0.2, 0.25) is 0 Å². The van der Waals surface area contributed by atoms with E-state index in [1.54, 1.807) is 0 Å². The van der Waals surface area contributed by atoms with Crippen LogP contribution >= 0.6 is 0 Å². The van der Waals surface area contributed by atoms with Gasteiger partial charge in [0.25, 0.3) is 0 Å². The molecule has 2 aliphatic heterocycles. The summed E-state index contributed by atoms with van der Waals surface area (Å²) >= 11 is 0. The zero-order chi connectivity index (χ0) is 44.3. The molecule has 2 aliphatic carbocycles. The van der Waals surface area contributed by atoms with Crippen molar-refractivity contribution >= 4 is 11.8 Å². The molecule has 4 fully saturated rings. The van der Waals surface area contributed by atoms with E-state index in [0.717, 1.165) is 25.7 Å². The quantitative estimate of drug-likeness (QED) is 0.0476. The van der Waals surface area contributed by atoms with Crippen LogP contribution in [0, 0.1) is 0 Å². The molecule has 0 aromatic carbocycles. The highest BCUT2D eigenvalue weighted by Crippen LogP contribution is 2.30. The summed E-state index contributed by atoms with van der Waals surface area (Å²) in [5.74, 6) is -0.840. The zero-order valence-corrected chi connectivity index (χ0v) is 34.0. The van der Waals surface area contributed by atoms with Crippen LogP contribution in [0.3, 0.4) is 0 Å². The molecule has 0 aromatic rings. The van der Waals surface area contributed by atoms with Crippen LogP contribution in [-0.4, -0.2) is 204 Å². The highest BCUT2D eigenvalue weighted by Gasteiger charge is 2.50. The molecule has 4 aliphatic rings. The number of carbonyl (C=O) groups is 2. The summed E-state index contributed by atoms with van der Waals surface area (Å²) in [6.07, 6.45) is -11.2. The van der Waals surface area contributed by atoms with E-state index in [-0.39, 0.29) is 25.9 Å². The molecule has 0 aromatic heterocycles. The molecular weight excluding hydrogens is 796 g/mol. The first-order valence-corrected chi connectivity index (χ1v) is 20.9. The summed E-state index contributed by atoms with van der Waals surface area (Å²) in [4.78, 5) is 25.2. The summed E-state index contributed by atoms with van der Waals surface area (Å²) in [6, 6.07) is -5.24. The van der Waals surface area contributed by atoms with Crippen molar-refractivity contribution < 1.29 is 68.6 Å². The predicted octanol–water partition coefficient (Wildman–Crippen LogP) is -8.60. The van der Waals surface area contributed by atoms with Gasteiger partial charge >= 0.3 is 0 Å². The lowest BCUT2D eigenvalue weighted by Gasteiger charge is -2.46. The Morgan fingerprint density at radius 1 is 0.500 bits per heavy atom. The predicted molar refractivity (Wildman–Crippen MR) is 212 cm³/mol. The van der Waals surface area contributed by atoms with Crippen LogP contribution in [0.1, 0.15) is 51.4 Å². The molecule has 0 bridgehead atoms. The molecule has 24 heteroatoms. The lowest BCUT2D eigenvalue weighted by Crippen LogP contribution is -2.68. The lowest BCUT2D eigenvalue weighted by molar-refractivity contribution is -0.290. The van der Waals surface area contributed by atoms with Crippen molar-refractivity contribution in [3.8, 4) is 0 Å². The second-order valence-electron chi connectivity index (χ2n) is 16.4. The largest absolute Gasteiger partial charge is 0.389 e. The van der Waals surface area contributed by atoms with Crippen molar-refractivity contribution in [1.29, 1.82) is 0 Å². The second kappa shape index (κ2) is 24.3. The maximum absolute atomic E-state index is 12.6. The standard InChI is InChI=1S/C36H72N10O14/c37-11-19-27(51)29(53)23(43)35(57-19)59-31-17(41)9-15(39)25(49)33(31)55-13-21(47)45-7-5-3-1-2-4-6-8-46-22(48)14-56-34-26(50)16(40)10-18(42)32(34)60-36-24(44)30(54)28(52)20(12-38)58-36/h15-20,23-36,49-54H,1-14,37-44H2,(H,45,47)(H,46,48)/t15-,16-,17+,18+,19-,20-,23-,24-,25+,26+,27-,28-,29-,30-,31-,32-,33-,34-,35-,36-/m1/s1. The van der Waals surface area contributed by atoms with Crippen molar-refractivity contribution in [1.82, 2.24) is 10.6 Å². The molecule has 24 nitrogen and oxygen atoms in total. The number of unbranched alkanes of at least 4 members (excludes halogenated alkanes) is 5. The summed E-state index contributed by atoms with van der Waals surface area (Å²) in [7, 11) is 0. The highest BCUT2D eigenvalue weighted by molar-refractivity contribution is 5.77. The number of nitrogens with two attached hydrogens (primary N) is 8. The minimum Gasteiger partial charge on any atom is -0.389 e. The van der Waals surface area contributed by atoms with E-state index >= 15 is 0 Å². The molecule has 60 heavy (non-hydrogen) atoms. The van der Waals surface area contributed by atoms with Gasteiger partial charge in [0.2, 0.25) is 11.8 Å². The van der Waals surface area contributed by atoms with Crippen molar-refractivity contribution in [2.24, 2.45) is 45.9 Å². The van der Waals surface area contributed by atoms with Crippen LogP contribution in [0.5, 0.6) is 0 Å². The van der Waals surface area contributed by atoms with Gasteiger partial charge in [-0.05, 0) is 25.7 Å². The average molecular weight is 869 g/mol. The molecule has 2 heterocycles. The summed E-state index contributed by atoms with van der Waals surface area (Å²) < 4.78 is 34.9. The fraction of sp³-hybridized carbons (Fsp3) is 0.944. The minimum atomic E-state index is -1.39. The third kappa shape index (κ3) is 13.3. The number of ether oxygens (including phenoxy) is 6. The molecule has 2 amide bonds. The van der Waals surface area contributed by atoms with Crippen LogP contribution in [0.4, 0.5) is 0 Å². The molecule has 0 spiro atoms. The third-order valence-corrected chi connectivity index (χ3v) is 11.7. The van der Waals surface area contributed by atoms with Crippen molar-refractivity contribution in [3.63, 3.8) is 0 Å². The van der Waals surface area contributed by atoms with Gasteiger partial charge in [0.15, 0.2) is 12.6 Å². The zero-order valence-electron chi connectivity index (χ0n) is 34.0. The Labute approximate surface area is 349 Å². The van der Waals surface area contributed by atoms with E-state index in [1.165, 1.54) is 0 Å². The van der Waals surface area contributed by atoms with E-state index < -0.39 is 147 Å². The van der Waals surface area contributed by atoms with E-state index in [1.807, 2.05) is 0 Å². The van der Waals surface area contributed by atoms with Crippen molar-refractivity contribution in [2.75, 3.05) is 39.4 Å². The molecule has 2 saturated carbocycles. The van der Waals surface area contributed by atoms with Gasteiger partial charge in [-0.1, -0.05) is 25.7 Å². The third-order valence-electron chi connectivity index (χ3n) is 11.7. The Morgan fingerprint density at radius 2 is 0.850 bits per heavy atom. The van der Waals surface area contributed by atoms with Crippen LogP contribution in [0.15, 0.2) is 0 Å². The summed E-state index contributed by atoms with van der Waals surface area (Å²) in [5.41, 5.74) is 48.1. The maximum atomic E-state index is 12.6. The molecule has 0 unspecified atom stereocenters. The minimum absolute atomic E-state index is 0.110. The Balaban J connectivity index is 1.09. The normalized spacial score (nSPS) is 42.4. The molecule has 2 saturated heterocycles.